The summed E-state index contributed by atoms with van der Waals surface area (Å²) >= 11 is 0. The Labute approximate surface area is 164 Å². The zero-order valence-corrected chi connectivity index (χ0v) is 16.2. The van der Waals surface area contributed by atoms with Crippen LogP contribution < -0.4 is 18.9 Å². The van der Waals surface area contributed by atoms with E-state index < -0.39 is 0 Å². The number of benzene rings is 4. The fourth-order valence-corrected chi connectivity index (χ4v) is 3.43. The van der Waals surface area contributed by atoms with E-state index in [0.29, 0.717) is 18.1 Å². The van der Waals surface area contributed by atoms with Crippen LogP contribution in [0, 0.1) is 0 Å². The molecule has 0 atom stereocenters. The van der Waals surface area contributed by atoms with Crippen molar-refractivity contribution in [2.24, 2.45) is 0 Å². The highest BCUT2D eigenvalue weighted by Gasteiger charge is 2.13. The Hall–Kier alpha value is -3.40. The van der Waals surface area contributed by atoms with E-state index in [4.69, 9.17) is 18.9 Å². The molecule has 4 aromatic carbocycles. The molecule has 0 fully saturated rings. The first-order valence-corrected chi connectivity index (χ1v) is 9.06. The highest BCUT2D eigenvalue weighted by atomic mass is 16.5. The van der Waals surface area contributed by atoms with E-state index in [-0.39, 0.29) is 0 Å². The van der Waals surface area contributed by atoms with Gasteiger partial charge in [-0.25, -0.2) is 0 Å². The van der Waals surface area contributed by atoms with Gasteiger partial charge in [0.25, 0.3) is 0 Å². The quantitative estimate of drug-likeness (QED) is 0.412. The van der Waals surface area contributed by atoms with Crippen molar-refractivity contribution in [3.05, 3.63) is 72.3 Å². The van der Waals surface area contributed by atoms with Gasteiger partial charge in [0, 0.05) is 11.5 Å². The molecule has 0 aliphatic heterocycles. The molecule has 0 bridgehead atoms. The number of hydrogen-bond donors (Lipinski definition) is 0. The second kappa shape index (κ2) is 7.69. The van der Waals surface area contributed by atoms with Gasteiger partial charge < -0.3 is 18.9 Å². The molecular weight excluding hydrogens is 352 g/mol. The fraction of sp³-hybridized carbons (Fsp3) is 0.167. The average molecular weight is 374 g/mol. The van der Waals surface area contributed by atoms with Crippen molar-refractivity contribution in [1.29, 1.82) is 0 Å². The van der Waals surface area contributed by atoms with Crippen LogP contribution in [0.1, 0.15) is 5.56 Å². The highest BCUT2D eigenvalue weighted by molar-refractivity contribution is 6.12. The van der Waals surface area contributed by atoms with Crippen molar-refractivity contribution >= 4 is 21.5 Å². The van der Waals surface area contributed by atoms with E-state index in [0.717, 1.165) is 38.6 Å². The summed E-state index contributed by atoms with van der Waals surface area (Å²) in [7, 11) is 4.98. The molecule has 0 radical (unpaired) electrons. The van der Waals surface area contributed by atoms with Gasteiger partial charge in [0.05, 0.1) is 21.3 Å². The SMILES string of the molecule is COc1cc(OC)c2c(ccc3cc(OCc4ccccc4)c(OC)cc32)c1. The molecule has 0 saturated heterocycles. The van der Waals surface area contributed by atoms with Crippen LogP contribution in [0.15, 0.2) is 66.7 Å². The minimum atomic E-state index is 0.483. The van der Waals surface area contributed by atoms with Crippen molar-refractivity contribution in [2.75, 3.05) is 21.3 Å². The summed E-state index contributed by atoms with van der Waals surface area (Å²) in [6.07, 6.45) is 0. The Morgan fingerprint density at radius 1 is 0.643 bits per heavy atom. The standard InChI is InChI=1S/C24H22O4/c1-25-19-11-18-10-9-17-12-22(28-15-16-7-5-4-6-8-16)21(26-2)14-20(17)24(18)23(13-19)27-3/h4-14H,15H2,1-3H3. The maximum atomic E-state index is 6.05. The number of ether oxygens (including phenoxy) is 4. The number of rotatable bonds is 6. The molecule has 0 spiro atoms. The molecule has 28 heavy (non-hydrogen) atoms. The van der Waals surface area contributed by atoms with Crippen molar-refractivity contribution in [3.8, 4) is 23.0 Å². The summed E-state index contributed by atoms with van der Waals surface area (Å²) in [5, 5.41) is 4.16. The van der Waals surface area contributed by atoms with Crippen LogP contribution in [0.4, 0.5) is 0 Å². The van der Waals surface area contributed by atoms with E-state index in [1.54, 1.807) is 21.3 Å². The average Bonchev–Trinajstić information content (AvgIpc) is 2.76. The van der Waals surface area contributed by atoms with E-state index in [1.165, 1.54) is 0 Å². The van der Waals surface area contributed by atoms with Crippen molar-refractivity contribution in [2.45, 2.75) is 6.61 Å². The van der Waals surface area contributed by atoms with Gasteiger partial charge in [0.2, 0.25) is 0 Å². The zero-order valence-electron chi connectivity index (χ0n) is 16.2. The predicted octanol–water partition coefficient (Wildman–Crippen LogP) is 5.60. The molecule has 0 unspecified atom stereocenters. The molecule has 142 valence electrons. The number of fused-ring (bicyclic) bond motifs is 3. The molecular formula is C24H22O4. The first-order chi connectivity index (χ1) is 13.7. The Bertz CT molecular complexity index is 1120. The third-order valence-corrected chi connectivity index (χ3v) is 4.85. The van der Waals surface area contributed by atoms with Crippen LogP contribution in [0.5, 0.6) is 23.0 Å². The second-order valence-electron chi connectivity index (χ2n) is 6.49. The van der Waals surface area contributed by atoms with Gasteiger partial charge in [0.15, 0.2) is 11.5 Å². The third kappa shape index (κ3) is 3.29. The maximum Gasteiger partial charge on any atom is 0.162 e. The van der Waals surface area contributed by atoms with Crippen molar-refractivity contribution in [3.63, 3.8) is 0 Å². The lowest BCUT2D eigenvalue weighted by atomic mass is 10.00. The first kappa shape index (κ1) is 18.0. The molecule has 4 rings (SSSR count). The van der Waals surface area contributed by atoms with Gasteiger partial charge >= 0.3 is 0 Å². The summed E-state index contributed by atoms with van der Waals surface area (Å²) in [4.78, 5) is 0. The molecule has 0 N–H and O–H groups in total. The maximum absolute atomic E-state index is 6.05. The van der Waals surface area contributed by atoms with Gasteiger partial charge in [-0.3, -0.25) is 0 Å². The molecule has 0 aliphatic rings. The molecule has 0 amide bonds. The second-order valence-corrected chi connectivity index (χ2v) is 6.49. The zero-order chi connectivity index (χ0) is 19.5. The topological polar surface area (TPSA) is 36.9 Å². The normalized spacial score (nSPS) is 10.8. The van der Waals surface area contributed by atoms with Crippen LogP contribution in [0.25, 0.3) is 21.5 Å². The predicted molar refractivity (Wildman–Crippen MR) is 112 cm³/mol. The smallest absolute Gasteiger partial charge is 0.162 e. The van der Waals surface area contributed by atoms with Crippen LogP contribution >= 0.6 is 0 Å². The van der Waals surface area contributed by atoms with Gasteiger partial charge in [0.1, 0.15) is 18.1 Å². The lowest BCUT2D eigenvalue weighted by Crippen LogP contribution is -1.98. The van der Waals surface area contributed by atoms with Gasteiger partial charge in [-0.2, -0.15) is 0 Å². The molecule has 0 heterocycles. The molecule has 4 nitrogen and oxygen atoms in total. The Balaban J connectivity index is 1.83. The largest absolute Gasteiger partial charge is 0.497 e. The molecule has 0 saturated carbocycles. The van der Waals surface area contributed by atoms with E-state index in [9.17, 15) is 0 Å². The van der Waals surface area contributed by atoms with Crippen LogP contribution in [-0.2, 0) is 6.61 Å². The summed E-state index contributed by atoms with van der Waals surface area (Å²) in [6, 6.07) is 22.1. The van der Waals surface area contributed by atoms with Crippen LogP contribution in [-0.4, -0.2) is 21.3 Å². The minimum Gasteiger partial charge on any atom is -0.497 e. The molecule has 4 heteroatoms. The molecule has 0 aromatic heterocycles. The Morgan fingerprint density at radius 3 is 2.11 bits per heavy atom. The van der Waals surface area contributed by atoms with Gasteiger partial charge in [-0.05, 0) is 39.9 Å². The number of hydrogen-bond acceptors (Lipinski definition) is 4. The molecule has 4 aromatic rings. The van der Waals surface area contributed by atoms with Crippen molar-refractivity contribution in [1.82, 2.24) is 0 Å². The van der Waals surface area contributed by atoms with Crippen LogP contribution in [0.3, 0.4) is 0 Å². The Kier molecular flexibility index (Phi) is 4.94. The van der Waals surface area contributed by atoms with Crippen molar-refractivity contribution < 1.29 is 18.9 Å². The lowest BCUT2D eigenvalue weighted by Gasteiger charge is -2.15. The summed E-state index contributed by atoms with van der Waals surface area (Å²) < 4.78 is 22.7. The highest BCUT2D eigenvalue weighted by Crippen LogP contribution is 2.41. The summed E-state index contributed by atoms with van der Waals surface area (Å²) in [6.45, 7) is 0.483. The number of methoxy groups -OCH3 is 3. The van der Waals surface area contributed by atoms with E-state index in [1.807, 2.05) is 54.6 Å². The van der Waals surface area contributed by atoms with E-state index >= 15 is 0 Å². The monoisotopic (exact) mass is 374 g/mol. The van der Waals surface area contributed by atoms with E-state index in [2.05, 4.69) is 12.1 Å². The minimum absolute atomic E-state index is 0.483. The lowest BCUT2D eigenvalue weighted by molar-refractivity contribution is 0.285. The summed E-state index contributed by atoms with van der Waals surface area (Å²) in [5.41, 5.74) is 1.11. The summed E-state index contributed by atoms with van der Waals surface area (Å²) in [5.74, 6) is 2.93. The molecule has 0 aliphatic carbocycles. The fourth-order valence-electron chi connectivity index (χ4n) is 3.43. The first-order valence-electron chi connectivity index (χ1n) is 9.06. The Morgan fingerprint density at radius 2 is 1.39 bits per heavy atom. The third-order valence-electron chi connectivity index (χ3n) is 4.85. The van der Waals surface area contributed by atoms with Gasteiger partial charge in [-0.1, -0.05) is 42.5 Å². The van der Waals surface area contributed by atoms with Crippen LogP contribution in [0.2, 0.25) is 0 Å². The van der Waals surface area contributed by atoms with Gasteiger partial charge in [-0.15, -0.1) is 0 Å².